The van der Waals surface area contributed by atoms with E-state index in [1.54, 1.807) is 31.2 Å². The Hall–Kier alpha value is -2.36. The van der Waals surface area contributed by atoms with Gasteiger partial charge in [-0.2, -0.15) is 0 Å². The highest BCUT2D eigenvalue weighted by molar-refractivity contribution is 6.11. The number of hydrogen-bond acceptors (Lipinski definition) is 3. The van der Waals surface area contributed by atoms with Crippen molar-refractivity contribution in [2.75, 3.05) is 7.11 Å². The Balaban J connectivity index is 2.39. The van der Waals surface area contributed by atoms with Gasteiger partial charge in [0.05, 0.1) is 7.11 Å². The van der Waals surface area contributed by atoms with Crippen LogP contribution in [0.15, 0.2) is 36.5 Å². The lowest BCUT2D eigenvalue weighted by Crippen LogP contribution is -2.05. The number of ether oxygens (including phenoxy) is 1. The van der Waals surface area contributed by atoms with Crippen molar-refractivity contribution in [1.29, 1.82) is 0 Å². The Morgan fingerprint density at radius 3 is 2.44 bits per heavy atom. The van der Waals surface area contributed by atoms with Crippen LogP contribution in [0, 0.1) is 6.92 Å². The predicted molar refractivity (Wildman–Crippen MR) is 66.7 cm³/mol. The van der Waals surface area contributed by atoms with Crippen molar-refractivity contribution in [3.63, 3.8) is 0 Å². The number of benzene rings is 1. The third kappa shape index (κ3) is 2.05. The Kier molecular flexibility index (Phi) is 3.28. The van der Waals surface area contributed by atoms with Crippen LogP contribution >= 0.6 is 0 Å². The number of carbonyl (C=O) groups is 2. The summed E-state index contributed by atoms with van der Waals surface area (Å²) in [5.41, 5.74) is 2.00. The van der Waals surface area contributed by atoms with E-state index in [1.165, 1.54) is 13.3 Å². The molecule has 0 amide bonds. The third-order valence-corrected chi connectivity index (χ3v) is 2.81. The molecule has 0 atom stereocenters. The zero-order valence-corrected chi connectivity index (χ0v) is 10.2. The maximum absolute atomic E-state index is 12.2. The van der Waals surface area contributed by atoms with Gasteiger partial charge in [-0.05, 0) is 12.5 Å². The van der Waals surface area contributed by atoms with Gasteiger partial charge in [-0.25, -0.2) is 4.79 Å². The van der Waals surface area contributed by atoms with E-state index in [2.05, 4.69) is 9.72 Å². The van der Waals surface area contributed by atoms with Crippen molar-refractivity contribution in [3.05, 3.63) is 58.9 Å². The minimum atomic E-state index is -0.473. The average molecular weight is 243 g/mol. The summed E-state index contributed by atoms with van der Waals surface area (Å²) in [4.78, 5) is 26.4. The summed E-state index contributed by atoms with van der Waals surface area (Å²) in [6, 6.07) is 8.94. The number of H-pyrrole nitrogens is 1. The number of rotatable bonds is 3. The first-order valence-electron chi connectivity index (χ1n) is 5.51. The second kappa shape index (κ2) is 4.87. The van der Waals surface area contributed by atoms with Crippen LogP contribution in [0.5, 0.6) is 0 Å². The van der Waals surface area contributed by atoms with Crippen LogP contribution < -0.4 is 0 Å². The van der Waals surface area contributed by atoms with Crippen LogP contribution in [0.1, 0.15) is 32.0 Å². The minimum Gasteiger partial charge on any atom is -0.464 e. The summed E-state index contributed by atoms with van der Waals surface area (Å²) in [5.74, 6) is -0.584. The Morgan fingerprint density at radius 1 is 1.17 bits per heavy atom. The van der Waals surface area contributed by atoms with E-state index in [0.717, 1.165) is 0 Å². The number of carbonyl (C=O) groups excluding carboxylic acids is 2. The van der Waals surface area contributed by atoms with Crippen molar-refractivity contribution < 1.29 is 14.3 Å². The molecule has 1 aromatic heterocycles. The molecule has 92 valence electrons. The normalized spacial score (nSPS) is 10.1. The summed E-state index contributed by atoms with van der Waals surface area (Å²) in [6.07, 6.45) is 1.54. The average Bonchev–Trinajstić information content (AvgIpc) is 2.80. The van der Waals surface area contributed by atoms with Gasteiger partial charge in [0.1, 0.15) is 5.69 Å². The number of methoxy groups -OCH3 is 1. The molecule has 0 fully saturated rings. The molecule has 4 heteroatoms. The fraction of sp³-hybridized carbons (Fsp3) is 0.143. The van der Waals surface area contributed by atoms with Gasteiger partial charge in [0.2, 0.25) is 0 Å². The molecule has 1 heterocycles. The Bertz CT molecular complexity index is 584. The summed E-state index contributed by atoms with van der Waals surface area (Å²) in [7, 11) is 1.31. The maximum Gasteiger partial charge on any atom is 0.354 e. The molecule has 18 heavy (non-hydrogen) atoms. The smallest absolute Gasteiger partial charge is 0.354 e. The SMILES string of the molecule is COC(=O)c1[nH]cc(C(=O)c2ccccc2)c1C. The van der Waals surface area contributed by atoms with Crippen LogP contribution in [-0.2, 0) is 4.74 Å². The van der Waals surface area contributed by atoms with Crippen LogP contribution in [0.2, 0.25) is 0 Å². The van der Waals surface area contributed by atoms with E-state index in [9.17, 15) is 9.59 Å². The number of aromatic amines is 1. The van der Waals surface area contributed by atoms with Crippen LogP contribution in [0.4, 0.5) is 0 Å². The molecule has 0 bridgehead atoms. The number of nitrogens with one attached hydrogen (secondary N) is 1. The molecule has 1 N–H and O–H groups in total. The lowest BCUT2D eigenvalue weighted by atomic mass is 10.0. The van der Waals surface area contributed by atoms with E-state index in [1.807, 2.05) is 6.07 Å². The molecule has 0 radical (unpaired) electrons. The molecule has 0 saturated heterocycles. The van der Waals surface area contributed by atoms with Gasteiger partial charge in [0.15, 0.2) is 5.78 Å². The van der Waals surface area contributed by atoms with Crippen LogP contribution in [0.25, 0.3) is 0 Å². The quantitative estimate of drug-likeness (QED) is 0.665. The fourth-order valence-electron chi connectivity index (χ4n) is 1.79. The lowest BCUT2D eigenvalue weighted by molar-refractivity contribution is 0.0594. The van der Waals surface area contributed by atoms with Crippen molar-refractivity contribution in [3.8, 4) is 0 Å². The summed E-state index contributed by atoms with van der Waals surface area (Å²) < 4.78 is 4.63. The maximum atomic E-state index is 12.2. The standard InChI is InChI=1S/C14H13NO3/c1-9-11(8-15-12(9)14(17)18-2)13(16)10-6-4-3-5-7-10/h3-8,15H,1-2H3. The zero-order valence-electron chi connectivity index (χ0n) is 10.2. The summed E-state index contributed by atoms with van der Waals surface area (Å²) >= 11 is 0. The van der Waals surface area contributed by atoms with E-state index < -0.39 is 5.97 Å². The molecular formula is C14H13NO3. The molecule has 1 aromatic carbocycles. The van der Waals surface area contributed by atoms with Gasteiger partial charge in [-0.3, -0.25) is 4.79 Å². The fourth-order valence-corrected chi connectivity index (χ4v) is 1.79. The molecule has 4 nitrogen and oxygen atoms in total. The van der Waals surface area contributed by atoms with E-state index in [4.69, 9.17) is 0 Å². The van der Waals surface area contributed by atoms with E-state index in [-0.39, 0.29) is 5.78 Å². The molecule has 0 spiro atoms. The van der Waals surface area contributed by atoms with Gasteiger partial charge in [0, 0.05) is 17.3 Å². The number of esters is 1. The first kappa shape index (κ1) is 12.1. The summed E-state index contributed by atoms with van der Waals surface area (Å²) in [5, 5.41) is 0. The van der Waals surface area contributed by atoms with Gasteiger partial charge in [-0.1, -0.05) is 30.3 Å². The number of aromatic nitrogens is 1. The molecule has 0 unspecified atom stereocenters. The van der Waals surface area contributed by atoms with E-state index in [0.29, 0.717) is 22.4 Å². The monoisotopic (exact) mass is 243 g/mol. The van der Waals surface area contributed by atoms with Crippen LogP contribution in [0.3, 0.4) is 0 Å². The Morgan fingerprint density at radius 2 is 1.83 bits per heavy atom. The largest absolute Gasteiger partial charge is 0.464 e. The highest BCUT2D eigenvalue weighted by Crippen LogP contribution is 2.17. The topological polar surface area (TPSA) is 59.2 Å². The van der Waals surface area contributed by atoms with Gasteiger partial charge in [-0.15, -0.1) is 0 Å². The van der Waals surface area contributed by atoms with Crippen LogP contribution in [-0.4, -0.2) is 23.8 Å². The lowest BCUT2D eigenvalue weighted by Gasteiger charge is -2.01. The first-order chi connectivity index (χ1) is 8.65. The zero-order chi connectivity index (χ0) is 13.1. The molecule has 2 aromatic rings. The predicted octanol–water partition coefficient (Wildman–Crippen LogP) is 2.34. The second-order valence-corrected chi connectivity index (χ2v) is 3.89. The summed E-state index contributed by atoms with van der Waals surface area (Å²) in [6.45, 7) is 1.72. The molecule has 2 rings (SSSR count). The van der Waals surface area contributed by atoms with Crippen molar-refractivity contribution in [2.45, 2.75) is 6.92 Å². The second-order valence-electron chi connectivity index (χ2n) is 3.89. The highest BCUT2D eigenvalue weighted by Gasteiger charge is 2.19. The van der Waals surface area contributed by atoms with E-state index >= 15 is 0 Å². The van der Waals surface area contributed by atoms with Gasteiger partial charge < -0.3 is 9.72 Å². The number of ketones is 1. The Labute approximate surface area is 105 Å². The molecule has 0 saturated carbocycles. The number of hydrogen-bond donors (Lipinski definition) is 1. The van der Waals surface area contributed by atoms with Gasteiger partial charge >= 0.3 is 5.97 Å². The minimum absolute atomic E-state index is 0.112. The third-order valence-electron chi connectivity index (χ3n) is 2.81. The molecule has 0 aliphatic rings. The van der Waals surface area contributed by atoms with Crippen molar-refractivity contribution >= 4 is 11.8 Å². The molecule has 0 aliphatic carbocycles. The molecular weight excluding hydrogens is 230 g/mol. The first-order valence-corrected chi connectivity index (χ1v) is 5.51. The highest BCUT2D eigenvalue weighted by atomic mass is 16.5. The van der Waals surface area contributed by atoms with Crippen molar-refractivity contribution in [2.24, 2.45) is 0 Å². The molecule has 0 aliphatic heterocycles. The van der Waals surface area contributed by atoms with Crippen molar-refractivity contribution in [1.82, 2.24) is 4.98 Å². The van der Waals surface area contributed by atoms with Gasteiger partial charge in [0.25, 0.3) is 0 Å².